The van der Waals surface area contributed by atoms with Gasteiger partial charge in [0.25, 0.3) is 0 Å². The molecule has 2 rings (SSSR count). The Hall–Kier alpha value is -0.930. The van der Waals surface area contributed by atoms with E-state index in [4.69, 9.17) is 9.47 Å². The molecule has 58 valence electrons. The molecule has 1 aliphatic heterocycles. The van der Waals surface area contributed by atoms with Crippen LogP contribution in [-0.4, -0.2) is 18.2 Å². The van der Waals surface area contributed by atoms with E-state index in [1.165, 1.54) is 0 Å². The van der Waals surface area contributed by atoms with Crippen molar-refractivity contribution in [1.82, 2.24) is 4.98 Å². The standard InChI is InChI=1S/C8H9NO2/c1-3-9-4-2-7(1)8-10-5-6-11-8/h1-4,8H,5-6H2. The monoisotopic (exact) mass is 151 g/mol. The fourth-order valence-corrected chi connectivity index (χ4v) is 1.07. The molecule has 1 aromatic heterocycles. The maximum Gasteiger partial charge on any atom is 0.184 e. The van der Waals surface area contributed by atoms with Gasteiger partial charge in [-0.2, -0.15) is 0 Å². The van der Waals surface area contributed by atoms with Crippen molar-refractivity contribution in [2.75, 3.05) is 13.2 Å². The summed E-state index contributed by atoms with van der Waals surface area (Å²) < 4.78 is 10.6. The zero-order valence-electron chi connectivity index (χ0n) is 6.06. The molecule has 0 atom stereocenters. The molecular formula is C8H9NO2. The second kappa shape index (κ2) is 2.98. The molecule has 0 aromatic carbocycles. The van der Waals surface area contributed by atoms with Gasteiger partial charge in [-0.1, -0.05) is 0 Å². The molecule has 2 heterocycles. The Morgan fingerprint density at radius 2 is 1.82 bits per heavy atom. The Balaban J connectivity index is 2.16. The van der Waals surface area contributed by atoms with Crippen LogP contribution in [0.2, 0.25) is 0 Å². The molecule has 1 fully saturated rings. The van der Waals surface area contributed by atoms with Crippen LogP contribution < -0.4 is 0 Å². The third-order valence-corrected chi connectivity index (χ3v) is 1.60. The first-order valence-corrected chi connectivity index (χ1v) is 3.60. The Kier molecular flexibility index (Phi) is 1.83. The highest BCUT2D eigenvalue weighted by Gasteiger charge is 2.17. The van der Waals surface area contributed by atoms with Crippen molar-refractivity contribution in [1.29, 1.82) is 0 Å². The van der Waals surface area contributed by atoms with Crippen molar-refractivity contribution in [3.05, 3.63) is 30.1 Å². The Morgan fingerprint density at radius 3 is 2.45 bits per heavy atom. The van der Waals surface area contributed by atoms with Crippen molar-refractivity contribution in [2.24, 2.45) is 0 Å². The zero-order valence-corrected chi connectivity index (χ0v) is 6.06. The van der Waals surface area contributed by atoms with Gasteiger partial charge in [0.05, 0.1) is 13.2 Å². The maximum absolute atomic E-state index is 5.29. The Labute approximate surface area is 65.0 Å². The summed E-state index contributed by atoms with van der Waals surface area (Å²) in [6.45, 7) is 1.37. The van der Waals surface area contributed by atoms with E-state index in [9.17, 15) is 0 Å². The van der Waals surface area contributed by atoms with Gasteiger partial charge in [-0.25, -0.2) is 0 Å². The van der Waals surface area contributed by atoms with Crippen molar-refractivity contribution < 1.29 is 9.47 Å². The maximum atomic E-state index is 5.29. The second-order valence-electron chi connectivity index (χ2n) is 2.35. The fourth-order valence-electron chi connectivity index (χ4n) is 1.07. The van der Waals surface area contributed by atoms with Crippen LogP contribution in [0, 0.1) is 0 Å². The molecule has 0 saturated carbocycles. The smallest absolute Gasteiger partial charge is 0.184 e. The minimum Gasteiger partial charge on any atom is -0.346 e. The average Bonchev–Trinajstić information content (AvgIpc) is 2.58. The van der Waals surface area contributed by atoms with Crippen molar-refractivity contribution >= 4 is 0 Å². The lowest BCUT2D eigenvalue weighted by Gasteiger charge is -2.07. The molecule has 3 nitrogen and oxygen atoms in total. The topological polar surface area (TPSA) is 31.4 Å². The largest absolute Gasteiger partial charge is 0.346 e. The summed E-state index contributed by atoms with van der Waals surface area (Å²) in [5, 5.41) is 0. The minimum atomic E-state index is -0.169. The van der Waals surface area contributed by atoms with E-state index >= 15 is 0 Å². The predicted octanol–water partition coefficient (Wildman–Crippen LogP) is 1.13. The quantitative estimate of drug-likeness (QED) is 0.602. The molecule has 0 bridgehead atoms. The van der Waals surface area contributed by atoms with Crippen molar-refractivity contribution in [2.45, 2.75) is 6.29 Å². The predicted molar refractivity (Wildman–Crippen MR) is 38.9 cm³/mol. The summed E-state index contributed by atoms with van der Waals surface area (Å²) in [6, 6.07) is 3.80. The lowest BCUT2D eigenvalue weighted by Crippen LogP contribution is -1.96. The highest BCUT2D eigenvalue weighted by atomic mass is 16.7. The number of hydrogen-bond acceptors (Lipinski definition) is 3. The van der Waals surface area contributed by atoms with Crippen LogP contribution in [0.4, 0.5) is 0 Å². The average molecular weight is 151 g/mol. The van der Waals surface area contributed by atoms with Gasteiger partial charge in [0.2, 0.25) is 0 Å². The minimum absolute atomic E-state index is 0.169. The van der Waals surface area contributed by atoms with E-state index in [0.29, 0.717) is 13.2 Å². The molecule has 0 spiro atoms. The highest BCUT2D eigenvalue weighted by molar-refractivity contribution is 5.11. The number of aromatic nitrogens is 1. The first-order valence-electron chi connectivity index (χ1n) is 3.60. The summed E-state index contributed by atoms with van der Waals surface area (Å²) in [5.41, 5.74) is 1.04. The van der Waals surface area contributed by atoms with Crippen LogP contribution in [0.5, 0.6) is 0 Å². The van der Waals surface area contributed by atoms with Crippen LogP contribution in [-0.2, 0) is 9.47 Å². The van der Waals surface area contributed by atoms with Gasteiger partial charge in [0, 0.05) is 18.0 Å². The van der Waals surface area contributed by atoms with Gasteiger partial charge in [-0.15, -0.1) is 0 Å². The van der Waals surface area contributed by atoms with Crippen LogP contribution in [0.15, 0.2) is 24.5 Å². The number of hydrogen-bond donors (Lipinski definition) is 0. The van der Waals surface area contributed by atoms with E-state index in [0.717, 1.165) is 5.56 Å². The van der Waals surface area contributed by atoms with Crippen LogP contribution in [0.25, 0.3) is 0 Å². The molecule has 11 heavy (non-hydrogen) atoms. The Bertz CT molecular complexity index is 219. The molecular weight excluding hydrogens is 142 g/mol. The van der Waals surface area contributed by atoms with Gasteiger partial charge in [0.1, 0.15) is 0 Å². The third kappa shape index (κ3) is 1.39. The SMILES string of the molecule is c1cc(C2OCCO2)ccn1. The third-order valence-electron chi connectivity index (χ3n) is 1.60. The van der Waals surface area contributed by atoms with Crippen LogP contribution in [0.3, 0.4) is 0 Å². The van der Waals surface area contributed by atoms with E-state index in [-0.39, 0.29) is 6.29 Å². The molecule has 0 amide bonds. The fraction of sp³-hybridized carbons (Fsp3) is 0.375. The molecule has 1 aliphatic rings. The first kappa shape index (κ1) is 6.76. The first-order chi connectivity index (χ1) is 5.47. The normalized spacial score (nSPS) is 18.9. The molecule has 0 N–H and O–H groups in total. The van der Waals surface area contributed by atoms with Crippen molar-refractivity contribution in [3.63, 3.8) is 0 Å². The van der Waals surface area contributed by atoms with Gasteiger partial charge >= 0.3 is 0 Å². The van der Waals surface area contributed by atoms with Crippen LogP contribution >= 0.6 is 0 Å². The van der Waals surface area contributed by atoms with Gasteiger partial charge in [-0.05, 0) is 12.1 Å². The summed E-state index contributed by atoms with van der Waals surface area (Å²) in [5.74, 6) is 0. The highest BCUT2D eigenvalue weighted by Crippen LogP contribution is 2.21. The Morgan fingerprint density at radius 1 is 1.18 bits per heavy atom. The van der Waals surface area contributed by atoms with E-state index in [1.807, 2.05) is 12.1 Å². The molecule has 0 aliphatic carbocycles. The number of nitrogens with zero attached hydrogens (tertiary/aromatic N) is 1. The lowest BCUT2D eigenvalue weighted by molar-refractivity contribution is -0.0441. The molecule has 1 aromatic rings. The molecule has 3 heteroatoms. The number of ether oxygens (including phenoxy) is 2. The zero-order chi connectivity index (χ0) is 7.52. The van der Waals surface area contributed by atoms with Gasteiger partial charge < -0.3 is 9.47 Å². The summed E-state index contributed by atoms with van der Waals surface area (Å²) in [4.78, 5) is 3.91. The lowest BCUT2D eigenvalue weighted by atomic mass is 10.3. The molecule has 0 unspecified atom stereocenters. The summed E-state index contributed by atoms with van der Waals surface area (Å²) in [7, 11) is 0. The van der Waals surface area contributed by atoms with Crippen LogP contribution in [0.1, 0.15) is 11.9 Å². The number of pyridine rings is 1. The molecule has 1 saturated heterocycles. The second-order valence-corrected chi connectivity index (χ2v) is 2.35. The van der Waals surface area contributed by atoms with E-state index < -0.39 is 0 Å². The summed E-state index contributed by atoms with van der Waals surface area (Å²) >= 11 is 0. The van der Waals surface area contributed by atoms with Gasteiger partial charge in [0.15, 0.2) is 6.29 Å². The van der Waals surface area contributed by atoms with Crippen molar-refractivity contribution in [3.8, 4) is 0 Å². The summed E-state index contributed by atoms with van der Waals surface area (Å²) in [6.07, 6.45) is 3.30. The molecule has 0 radical (unpaired) electrons. The van der Waals surface area contributed by atoms with E-state index in [2.05, 4.69) is 4.98 Å². The van der Waals surface area contributed by atoms with Gasteiger partial charge in [-0.3, -0.25) is 4.98 Å². The number of rotatable bonds is 1. The van der Waals surface area contributed by atoms with E-state index in [1.54, 1.807) is 12.4 Å².